The zero-order valence-electron chi connectivity index (χ0n) is 10.6. The minimum Gasteiger partial charge on any atom is -0.486 e. The summed E-state index contributed by atoms with van der Waals surface area (Å²) in [4.78, 5) is 11.6. The number of carbonyl (C=O) groups is 1. The largest absolute Gasteiger partial charge is 0.486 e. The molecule has 1 aromatic heterocycles. The van der Waals surface area contributed by atoms with Gasteiger partial charge in [-0.25, -0.2) is 0 Å². The molecule has 4 nitrogen and oxygen atoms in total. The first kappa shape index (κ1) is 15.2. The Hall–Kier alpha value is -1.15. The van der Waals surface area contributed by atoms with Crippen molar-refractivity contribution in [2.75, 3.05) is 12.3 Å². The van der Waals surface area contributed by atoms with Gasteiger partial charge in [0.2, 0.25) is 0 Å². The van der Waals surface area contributed by atoms with Gasteiger partial charge in [0.15, 0.2) is 5.76 Å². The second-order valence-electron chi connectivity index (χ2n) is 3.99. The van der Waals surface area contributed by atoms with Gasteiger partial charge >= 0.3 is 0 Å². The summed E-state index contributed by atoms with van der Waals surface area (Å²) in [5, 5.41) is 2.69. The lowest BCUT2D eigenvalue weighted by molar-refractivity contribution is 0.0924. The molecular formula is C14H14INO3S. The van der Waals surface area contributed by atoms with Crippen molar-refractivity contribution in [1.82, 2.24) is 5.32 Å². The molecule has 0 fully saturated rings. The number of rotatable bonds is 6. The predicted octanol–water partition coefficient (Wildman–Crippen LogP) is 3.12. The van der Waals surface area contributed by atoms with Crippen LogP contribution in [-0.4, -0.2) is 18.2 Å². The zero-order chi connectivity index (χ0) is 14.4. The molecule has 1 heterocycles. The van der Waals surface area contributed by atoms with Crippen LogP contribution in [0.2, 0.25) is 0 Å². The minimum atomic E-state index is -0.237. The van der Waals surface area contributed by atoms with Crippen LogP contribution in [0.5, 0.6) is 5.75 Å². The molecule has 6 heteroatoms. The Bertz CT molecular complexity index is 568. The first-order valence-corrected chi connectivity index (χ1v) is 7.76. The van der Waals surface area contributed by atoms with Crippen molar-refractivity contribution in [3.8, 4) is 5.75 Å². The molecule has 0 bridgehead atoms. The normalized spacial score (nSPS) is 10.3. The fourth-order valence-corrected chi connectivity index (χ4v) is 1.99. The number of halogens is 1. The summed E-state index contributed by atoms with van der Waals surface area (Å²) in [5.74, 6) is 2.02. The topological polar surface area (TPSA) is 51.5 Å². The number of benzene rings is 1. The molecule has 1 aromatic carbocycles. The molecule has 0 saturated heterocycles. The van der Waals surface area contributed by atoms with Crippen LogP contribution < -0.4 is 10.1 Å². The highest BCUT2D eigenvalue weighted by Gasteiger charge is 2.10. The number of amides is 1. The van der Waals surface area contributed by atoms with Gasteiger partial charge < -0.3 is 14.5 Å². The molecule has 0 aliphatic carbocycles. The molecule has 0 atom stereocenters. The van der Waals surface area contributed by atoms with Crippen molar-refractivity contribution >= 4 is 41.1 Å². The maximum atomic E-state index is 11.6. The smallest absolute Gasteiger partial charge is 0.287 e. The second-order valence-corrected chi connectivity index (χ2v) is 5.68. The van der Waals surface area contributed by atoms with Crippen molar-refractivity contribution in [2.24, 2.45) is 0 Å². The van der Waals surface area contributed by atoms with Crippen LogP contribution in [-0.2, 0) is 6.61 Å². The Kier molecular flexibility index (Phi) is 5.78. The maximum absolute atomic E-state index is 11.6. The SMILES string of the molecule is O=C(NCCS)c1ccc(COc2ccc(I)cc2)o1. The van der Waals surface area contributed by atoms with E-state index < -0.39 is 0 Å². The van der Waals surface area contributed by atoms with Crippen molar-refractivity contribution in [3.05, 3.63) is 51.5 Å². The van der Waals surface area contributed by atoms with E-state index in [-0.39, 0.29) is 11.7 Å². The highest BCUT2D eigenvalue weighted by atomic mass is 127. The van der Waals surface area contributed by atoms with Gasteiger partial charge in [-0.05, 0) is 59.0 Å². The lowest BCUT2D eigenvalue weighted by Crippen LogP contribution is -2.24. The van der Waals surface area contributed by atoms with E-state index >= 15 is 0 Å². The molecule has 0 unspecified atom stereocenters. The summed E-state index contributed by atoms with van der Waals surface area (Å²) in [5.41, 5.74) is 0. The lowest BCUT2D eigenvalue weighted by Gasteiger charge is -2.04. The average Bonchev–Trinajstić information content (AvgIpc) is 2.93. The number of hydrogen-bond donors (Lipinski definition) is 2. The van der Waals surface area contributed by atoms with Crippen molar-refractivity contribution in [1.29, 1.82) is 0 Å². The van der Waals surface area contributed by atoms with Gasteiger partial charge in [-0.15, -0.1) is 0 Å². The van der Waals surface area contributed by atoms with E-state index in [0.717, 1.165) is 9.32 Å². The molecule has 20 heavy (non-hydrogen) atoms. The molecule has 0 saturated carbocycles. The van der Waals surface area contributed by atoms with Crippen molar-refractivity contribution in [2.45, 2.75) is 6.61 Å². The number of carbonyl (C=O) groups excluding carboxylic acids is 1. The van der Waals surface area contributed by atoms with Crippen LogP contribution in [0.25, 0.3) is 0 Å². The minimum absolute atomic E-state index is 0.237. The van der Waals surface area contributed by atoms with Crippen molar-refractivity contribution < 1.29 is 13.9 Å². The van der Waals surface area contributed by atoms with Crippen LogP contribution in [0.4, 0.5) is 0 Å². The molecule has 1 amide bonds. The monoisotopic (exact) mass is 403 g/mol. The Labute approximate surface area is 136 Å². The van der Waals surface area contributed by atoms with Crippen molar-refractivity contribution in [3.63, 3.8) is 0 Å². The van der Waals surface area contributed by atoms with Crippen LogP contribution in [0.3, 0.4) is 0 Å². The van der Waals surface area contributed by atoms with E-state index in [1.807, 2.05) is 24.3 Å². The summed E-state index contributed by atoms with van der Waals surface area (Å²) in [6.45, 7) is 0.803. The van der Waals surface area contributed by atoms with Gasteiger partial charge in [0.25, 0.3) is 5.91 Å². The molecular weight excluding hydrogens is 389 g/mol. The third-order valence-corrected chi connectivity index (χ3v) is 3.42. The maximum Gasteiger partial charge on any atom is 0.287 e. The fraction of sp³-hybridized carbons (Fsp3) is 0.214. The number of thiol groups is 1. The zero-order valence-corrected chi connectivity index (χ0v) is 13.7. The Morgan fingerprint density at radius 1 is 1.25 bits per heavy atom. The van der Waals surface area contributed by atoms with Crippen LogP contribution in [0.15, 0.2) is 40.8 Å². The van der Waals surface area contributed by atoms with E-state index in [0.29, 0.717) is 24.7 Å². The number of furan rings is 1. The predicted molar refractivity (Wildman–Crippen MR) is 88.4 cm³/mol. The molecule has 0 spiro atoms. The average molecular weight is 403 g/mol. The van der Waals surface area contributed by atoms with E-state index in [1.165, 1.54) is 0 Å². The first-order chi connectivity index (χ1) is 9.69. The number of ether oxygens (including phenoxy) is 1. The molecule has 0 aliphatic heterocycles. The molecule has 2 aromatic rings. The third-order valence-electron chi connectivity index (χ3n) is 2.48. The summed E-state index contributed by atoms with van der Waals surface area (Å²) >= 11 is 6.26. The summed E-state index contributed by atoms with van der Waals surface area (Å²) < 4.78 is 12.2. The van der Waals surface area contributed by atoms with Crippen LogP contribution >= 0.6 is 35.2 Å². The van der Waals surface area contributed by atoms with Gasteiger partial charge in [-0.2, -0.15) is 12.6 Å². The van der Waals surface area contributed by atoms with Gasteiger partial charge in [0.05, 0.1) is 0 Å². The quantitative estimate of drug-likeness (QED) is 0.576. The van der Waals surface area contributed by atoms with Crippen LogP contribution in [0, 0.1) is 3.57 Å². The molecule has 1 N–H and O–H groups in total. The Balaban J connectivity index is 1.89. The Morgan fingerprint density at radius 2 is 2.00 bits per heavy atom. The molecule has 0 radical (unpaired) electrons. The van der Waals surface area contributed by atoms with Gasteiger partial charge in [0.1, 0.15) is 18.1 Å². The van der Waals surface area contributed by atoms with E-state index in [9.17, 15) is 4.79 Å². The summed E-state index contributed by atoms with van der Waals surface area (Å²) in [7, 11) is 0. The number of hydrogen-bond acceptors (Lipinski definition) is 4. The summed E-state index contributed by atoms with van der Waals surface area (Å²) in [6, 6.07) is 11.1. The third kappa shape index (κ3) is 4.45. The summed E-state index contributed by atoms with van der Waals surface area (Å²) in [6.07, 6.45) is 0. The standard InChI is InChI=1S/C14H14INO3S/c15-10-1-3-11(4-2-10)18-9-12-5-6-13(19-12)14(17)16-7-8-20/h1-6,20H,7-9H2,(H,16,17). The molecule has 0 aliphatic rings. The van der Waals surface area contributed by atoms with E-state index in [1.54, 1.807) is 12.1 Å². The molecule has 2 rings (SSSR count). The first-order valence-electron chi connectivity index (χ1n) is 6.05. The second kappa shape index (κ2) is 7.58. The fourth-order valence-electron chi connectivity index (χ4n) is 1.52. The van der Waals surface area contributed by atoms with Gasteiger partial charge in [-0.1, -0.05) is 0 Å². The lowest BCUT2D eigenvalue weighted by atomic mass is 10.3. The number of nitrogens with one attached hydrogen (secondary N) is 1. The van der Waals surface area contributed by atoms with E-state index in [2.05, 4.69) is 40.5 Å². The Morgan fingerprint density at radius 3 is 2.70 bits per heavy atom. The van der Waals surface area contributed by atoms with Crippen LogP contribution in [0.1, 0.15) is 16.3 Å². The highest BCUT2D eigenvalue weighted by Crippen LogP contribution is 2.16. The highest BCUT2D eigenvalue weighted by molar-refractivity contribution is 14.1. The van der Waals surface area contributed by atoms with Gasteiger partial charge in [0, 0.05) is 15.9 Å². The molecule has 106 valence electrons. The van der Waals surface area contributed by atoms with E-state index in [4.69, 9.17) is 9.15 Å². The van der Waals surface area contributed by atoms with Gasteiger partial charge in [-0.3, -0.25) is 4.79 Å².